The first kappa shape index (κ1) is 17.9. The number of nitrogens with zero attached hydrogens (tertiary/aromatic N) is 6. The third-order valence-corrected chi connectivity index (χ3v) is 5.42. The minimum Gasteiger partial charge on any atom is -0.488 e. The van der Waals surface area contributed by atoms with Crippen molar-refractivity contribution in [2.24, 2.45) is 4.99 Å². The summed E-state index contributed by atoms with van der Waals surface area (Å²) in [4.78, 5) is 24.3. The average Bonchev–Trinajstić information content (AvgIpc) is 3.19. The third-order valence-electron chi connectivity index (χ3n) is 4.16. The van der Waals surface area contributed by atoms with Crippen molar-refractivity contribution in [1.82, 2.24) is 25.3 Å². The van der Waals surface area contributed by atoms with Gasteiger partial charge in [-0.15, -0.1) is 4.80 Å². The number of hydrogen-bond acceptors (Lipinski definition) is 6. The van der Waals surface area contributed by atoms with Crippen LogP contribution >= 0.6 is 27.5 Å². The van der Waals surface area contributed by atoms with Gasteiger partial charge in [0, 0.05) is 12.6 Å². The quantitative estimate of drug-likeness (QED) is 0.755. The van der Waals surface area contributed by atoms with E-state index in [9.17, 15) is 4.79 Å². The highest BCUT2D eigenvalue weighted by atomic mass is 79.9. The van der Waals surface area contributed by atoms with E-state index >= 15 is 0 Å². The van der Waals surface area contributed by atoms with Crippen molar-refractivity contribution in [2.75, 3.05) is 18.1 Å². The normalized spacial score (nSPS) is 18.9. The number of aromatic nitrogens is 4. The summed E-state index contributed by atoms with van der Waals surface area (Å²) in [5, 5.41) is 11.4. The van der Waals surface area contributed by atoms with Crippen molar-refractivity contribution in [1.29, 1.82) is 0 Å². The molecule has 0 aliphatic carbocycles. The first-order valence-electron chi connectivity index (χ1n) is 8.20. The maximum absolute atomic E-state index is 12.8. The Kier molecular flexibility index (Phi) is 4.83. The van der Waals surface area contributed by atoms with Gasteiger partial charge in [-0.25, -0.2) is 9.79 Å². The van der Waals surface area contributed by atoms with Gasteiger partial charge in [0.05, 0.1) is 46.4 Å². The predicted octanol–water partition coefficient (Wildman–Crippen LogP) is 2.56. The minimum atomic E-state index is -0.336. The molecule has 1 unspecified atom stereocenters. The first-order chi connectivity index (χ1) is 13.0. The summed E-state index contributed by atoms with van der Waals surface area (Å²) >= 11 is 9.79. The molecular formula is C16H15BrClN7O2. The average molecular weight is 453 g/mol. The van der Waals surface area contributed by atoms with E-state index in [4.69, 9.17) is 16.3 Å². The molecule has 0 spiro atoms. The number of aliphatic imine (C=N–C) groups is 1. The number of halogens is 2. The van der Waals surface area contributed by atoms with Gasteiger partial charge in [0.1, 0.15) is 12.3 Å². The number of pyridine rings is 1. The first-order valence-corrected chi connectivity index (χ1v) is 9.37. The van der Waals surface area contributed by atoms with E-state index in [2.05, 4.69) is 41.4 Å². The van der Waals surface area contributed by atoms with Crippen LogP contribution in [0.4, 0.5) is 10.5 Å². The summed E-state index contributed by atoms with van der Waals surface area (Å²) < 4.78 is 6.45. The molecule has 2 aromatic heterocycles. The second-order valence-electron chi connectivity index (χ2n) is 5.96. The number of urea groups is 1. The molecule has 4 rings (SSSR count). The fourth-order valence-electron chi connectivity index (χ4n) is 2.83. The van der Waals surface area contributed by atoms with Crippen molar-refractivity contribution in [2.45, 2.75) is 19.4 Å². The van der Waals surface area contributed by atoms with Crippen LogP contribution in [0, 0.1) is 6.92 Å². The number of fused-ring (bicyclic) bond motifs is 1. The highest BCUT2D eigenvalue weighted by Gasteiger charge is 2.29. The summed E-state index contributed by atoms with van der Waals surface area (Å²) in [7, 11) is 0. The topological polar surface area (TPSA) is 97.5 Å². The Bertz CT molecular complexity index is 944. The Hall–Kier alpha value is -2.46. The van der Waals surface area contributed by atoms with Gasteiger partial charge in [-0.2, -0.15) is 10.2 Å². The fourth-order valence-corrected chi connectivity index (χ4v) is 3.54. The second-order valence-corrected chi connectivity index (χ2v) is 7.21. The monoisotopic (exact) mass is 451 g/mol. The smallest absolute Gasteiger partial charge is 0.322 e. The van der Waals surface area contributed by atoms with Crippen LogP contribution in [0.15, 0.2) is 33.1 Å². The zero-order valence-corrected chi connectivity index (χ0v) is 16.6. The van der Waals surface area contributed by atoms with Crippen LogP contribution in [-0.4, -0.2) is 51.4 Å². The van der Waals surface area contributed by atoms with Gasteiger partial charge in [0.15, 0.2) is 11.6 Å². The second kappa shape index (κ2) is 7.28. The molecule has 0 aromatic carbocycles. The van der Waals surface area contributed by atoms with Crippen LogP contribution in [0.3, 0.4) is 0 Å². The largest absolute Gasteiger partial charge is 0.488 e. The minimum absolute atomic E-state index is 0.265. The van der Waals surface area contributed by atoms with E-state index in [0.29, 0.717) is 41.9 Å². The molecule has 11 heteroatoms. The SMILES string of the molecule is Cc1ncc2c(c1Br)OCCN2C(=O)NC1C=NC(n2nccn2)=C(Cl)C1. The third kappa shape index (κ3) is 3.42. The zero-order valence-electron chi connectivity index (χ0n) is 14.3. The molecule has 0 saturated carbocycles. The van der Waals surface area contributed by atoms with E-state index in [1.807, 2.05) is 6.92 Å². The van der Waals surface area contributed by atoms with Crippen LogP contribution in [-0.2, 0) is 0 Å². The van der Waals surface area contributed by atoms with Crippen molar-refractivity contribution < 1.29 is 9.53 Å². The number of amides is 2. The Balaban J connectivity index is 1.49. The fraction of sp³-hybridized carbons (Fsp3) is 0.312. The summed E-state index contributed by atoms with van der Waals surface area (Å²) in [6.45, 7) is 2.69. The maximum atomic E-state index is 12.8. The summed E-state index contributed by atoms with van der Waals surface area (Å²) in [6, 6.07) is -0.601. The van der Waals surface area contributed by atoms with E-state index in [1.54, 1.807) is 29.7 Å². The standard InChI is InChI=1S/C16H15BrClN7O2/c1-9-13(17)14-12(8-19-9)24(4-5-27-14)16(26)23-10-6-11(18)15(20-7-10)25-21-2-3-22-25/h2-3,7-8,10H,4-6H2,1H3,(H,23,26). The molecule has 0 saturated heterocycles. The molecule has 27 heavy (non-hydrogen) atoms. The van der Waals surface area contributed by atoms with Gasteiger partial charge >= 0.3 is 6.03 Å². The molecule has 1 atom stereocenters. The van der Waals surface area contributed by atoms with Crippen LogP contribution < -0.4 is 15.0 Å². The molecular weight excluding hydrogens is 438 g/mol. The summed E-state index contributed by atoms with van der Waals surface area (Å²) in [6.07, 6.45) is 6.76. The van der Waals surface area contributed by atoms with Gasteiger partial charge in [-0.3, -0.25) is 9.88 Å². The Morgan fingerprint density at radius 3 is 2.93 bits per heavy atom. The van der Waals surface area contributed by atoms with Crippen molar-refractivity contribution >= 4 is 51.3 Å². The molecule has 1 N–H and O–H groups in total. The van der Waals surface area contributed by atoms with Crippen LogP contribution in [0.2, 0.25) is 0 Å². The van der Waals surface area contributed by atoms with Gasteiger partial charge in [-0.1, -0.05) is 11.6 Å². The van der Waals surface area contributed by atoms with Crippen molar-refractivity contribution in [3.63, 3.8) is 0 Å². The molecule has 4 heterocycles. The number of aryl methyl sites for hydroxylation is 1. The number of rotatable bonds is 2. The maximum Gasteiger partial charge on any atom is 0.322 e. The molecule has 9 nitrogen and oxygen atoms in total. The number of ether oxygens (including phenoxy) is 1. The molecule has 0 fully saturated rings. The number of carbonyl (C=O) groups is 1. The number of anilines is 1. The van der Waals surface area contributed by atoms with E-state index in [-0.39, 0.29) is 12.1 Å². The van der Waals surface area contributed by atoms with E-state index in [0.717, 1.165) is 10.2 Å². The van der Waals surface area contributed by atoms with Crippen LogP contribution in [0.25, 0.3) is 5.82 Å². The summed E-state index contributed by atoms with van der Waals surface area (Å²) in [5.41, 5.74) is 1.42. The Labute approximate surface area is 168 Å². The van der Waals surface area contributed by atoms with Gasteiger partial charge in [0.25, 0.3) is 0 Å². The molecule has 2 aliphatic rings. The molecule has 2 aromatic rings. The molecule has 2 amide bonds. The van der Waals surface area contributed by atoms with Crippen molar-refractivity contribution in [3.8, 4) is 5.75 Å². The number of nitrogens with one attached hydrogen (secondary N) is 1. The molecule has 2 aliphatic heterocycles. The molecule has 140 valence electrons. The molecule has 0 bridgehead atoms. The lowest BCUT2D eigenvalue weighted by Gasteiger charge is -2.31. The predicted molar refractivity (Wildman–Crippen MR) is 104 cm³/mol. The molecule has 0 radical (unpaired) electrons. The summed E-state index contributed by atoms with van der Waals surface area (Å²) in [5.74, 6) is 1.07. The Morgan fingerprint density at radius 2 is 2.19 bits per heavy atom. The number of carbonyl (C=O) groups excluding carboxylic acids is 1. The van der Waals surface area contributed by atoms with Gasteiger partial charge < -0.3 is 10.1 Å². The lowest BCUT2D eigenvalue weighted by molar-refractivity contribution is 0.238. The van der Waals surface area contributed by atoms with Gasteiger partial charge in [-0.05, 0) is 22.9 Å². The van der Waals surface area contributed by atoms with E-state index in [1.165, 1.54) is 4.80 Å². The lowest BCUT2D eigenvalue weighted by atomic mass is 10.2. The number of hydrogen-bond donors (Lipinski definition) is 1. The zero-order chi connectivity index (χ0) is 19.0. The van der Waals surface area contributed by atoms with Crippen LogP contribution in [0.5, 0.6) is 5.75 Å². The van der Waals surface area contributed by atoms with Gasteiger partial charge in [0.2, 0.25) is 0 Å². The van der Waals surface area contributed by atoms with Crippen LogP contribution in [0.1, 0.15) is 12.1 Å². The lowest BCUT2D eigenvalue weighted by Crippen LogP contribution is -2.49. The van der Waals surface area contributed by atoms with Crippen molar-refractivity contribution in [3.05, 3.63) is 33.8 Å². The Morgan fingerprint density at radius 1 is 1.41 bits per heavy atom. The highest BCUT2D eigenvalue weighted by molar-refractivity contribution is 9.10. The van der Waals surface area contributed by atoms with E-state index < -0.39 is 0 Å². The highest BCUT2D eigenvalue weighted by Crippen LogP contribution is 2.39.